The highest BCUT2D eigenvalue weighted by Gasteiger charge is 2.10. The van der Waals surface area contributed by atoms with E-state index in [1.807, 2.05) is 10.8 Å². The van der Waals surface area contributed by atoms with Crippen LogP contribution in [-0.2, 0) is 6.54 Å². The van der Waals surface area contributed by atoms with Crippen molar-refractivity contribution in [1.29, 1.82) is 0 Å². The molecule has 0 saturated heterocycles. The second-order valence-electron chi connectivity index (χ2n) is 5.24. The van der Waals surface area contributed by atoms with Crippen molar-refractivity contribution in [2.24, 2.45) is 5.73 Å². The Labute approximate surface area is 150 Å². The summed E-state index contributed by atoms with van der Waals surface area (Å²) >= 11 is 3.25. The minimum atomic E-state index is -0.465. The Morgan fingerprint density at radius 1 is 1.12 bits per heavy atom. The molecule has 0 spiro atoms. The number of amides is 1. The molecule has 1 aromatic carbocycles. The first-order chi connectivity index (χ1) is 12.2. The average Bonchev–Trinajstić information content (AvgIpc) is 3.37. The number of thiazole rings is 1. The molecule has 0 bridgehead atoms. The first-order valence-corrected chi connectivity index (χ1v) is 9.16. The zero-order valence-corrected chi connectivity index (χ0v) is 14.5. The Kier molecular flexibility index (Phi) is 4.08. The van der Waals surface area contributed by atoms with Crippen LogP contribution in [0.2, 0.25) is 0 Å². The van der Waals surface area contributed by atoms with Crippen molar-refractivity contribution in [1.82, 2.24) is 25.2 Å². The van der Waals surface area contributed by atoms with E-state index in [0.717, 1.165) is 21.8 Å². The molecule has 0 aliphatic rings. The van der Waals surface area contributed by atoms with Crippen LogP contribution in [-0.4, -0.2) is 31.1 Å². The quantitative estimate of drug-likeness (QED) is 0.584. The van der Waals surface area contributed by atoms with Crippen LogP contribution >= 0.6 is 22.7 Å². The summed E-state index contributed by atoms with van der Waals surface area (Å²) in [6.07, 6.45) is 0. The lowest BCUT2D eigenvalue weighted by Gasteiger charge is -1.97. The van der Waals surface area contributed by atoms with E-state index in [0.29, 0.717) is 17.9 Å². The van der Waals surface area contributed by atoms with Gasteiger partial charge in [-0.1, -0.05) is 12.1 Å². The maximum absolute atomic E-state index is 11.1. The van der Waals surface area contributed by atoms with Crippen LogP contribution in [0.5, 0.6) is 0 Å². The van der Waals surface area contributed by atoms with E-state index in [9.17, 15) is 4.79 Å². The van der Waals surface area contributed by atoms with Crippen molar-refractivity contribution in [2.45, 2.75) is 6.54 Å². The summed E-state index contributed by atoms with van der Waals surface area (Å²) in [6.45, 7) is 0.451. The minimum absolute atomic E-state index is 0.444. The Balaban J connectivity index is 1.51. The van der Waals surface area contributed by atoms with Crippen LogP contribution < -0.4 is 5.73 Å². The van der Waals surface area contributed by atoms with E-state index >= 15 is 0 Å². The predicted molar refractivity (Wildman–Crippen MR) is 96.3 cm³/mol. The summed E-state index contributed by atoms with van der Waals surface area (Å²) < 4.78 is 0. The van der Waals surface area contributed by atoms with Gasteiger partial charge in [0.25, 0.3) is 0 Å². The van der Waals surface area contributed by atoms with Gasteiger partial charge >= 0.3 is 0 Å². The number of carbonyl (C=O) groups is 1. The normalized spacial score (nSPS) is 10.9. The van der Waals surface area contributed by atoms with Gasteiger partial charge < -0.3 is 5.73 Å². The molecule has 0 saturated carbocycles. The van der Waals surface area contributed by atoms with Gasteiger partial charge in [-0.3, -0.25) is 4.79 Å². The van der Waals surface area contributed by atoms with Gasteiger partial charge in [0, 0.05) is 27.5 Å². The summed E-state index contributed by atoms with van der Waals surface area (Å²) in [7, 11) is 0. The number of hydrogen-bond acceptors (Lipinski definition) is 7. The monoisotopic (exact) mass is 368 g/mol. The van der Waals surface area contributed by atoms with Gasteiger partial charge in [-0.05, 0) is 28.8 Å². The van der Waals surface area contributed by atoms with E-state index < -0.39 is 5.91 Å². The summed E-state index contributed by atoms with van der Waals surface area (Å²) in [5.41, 5.74) is 8.47. The molecule has 0 radical (unpaired) electrons. The van der Waals surface area contributed by atoms with Gasteiger partial charge in [-0.25, -0.2) is 4.98 Å². The molecule has 25 heavy (non-hydrogen) atoms. The number of rotatable bonds is 5. The third-order valence-corrected chi connectivity index (χ3v) is 5.13. The fourth-order valence-electron chi connectivity index (χ4n) is 2.25. The van der Waals surface area contributed by atoms with Crippen molar-refractivity contribution < 1.29 is 4.79 Å². The van der Waals surface area contributed by atoms with Gasteiger partial charge in [0.05, 0.1) is 5.69 Å². The molecular formula is C16H12N6OS2. The zero-order chi connectivity index (χ0) is 17.2. The number of carbonyl (C=O) groups excluding carboxylic acids is 1. The van der Waals surface area contributed by atoms with E-state index in [1.54, 1.807) is 46.9 Å². The molecule has 0 unspecified atom stereocenters. The van der Waals surface area contributed by atoms with Crippen molar-refractivity contribution in [2.75, 3.05) is 0 Å². The maximum Gasteiger partial charge on any atom is 0.248 e. The molecule has 0 aliphatic carbocycles. The molecule has 7 nitrogen and oxygen atoms in total. The second-order valence-corrected chi connectivity index (χ2v) is 6.88. The highest BCUT2D eigenvalue weighted by Crippen LogP contribution is 2.25. The Bertz CT molecular complexity index is 1000. The average molecular weight is 368 g/mol. The number of aromatic nitrogens is 5. The number of primary amides is 1. The molecule has 4 aromatic rings. The van der Waals surface area contributed by atoms with Crippen molar-refractivity contribution in [3.05, 3.63) is 57.7 Å². The van der Waals surface area contributed by atoms with E-state index in [-0.39, 0.29) is 0 Å². The highest BCUT2D eigenvalue weighted by molar-refractivity contribution is 7.14. The van der Waals surface area contributed by atoms with Crippen LogP contribution in [0.3, 0.4) is 0 Å². The Morgan fingerprint density at radius 2 is 1.96 bits per heavy atom. The number of hydrogen-bond donors (Lipinski definition) is 1. The minimum Gasteiger partial charge on any atom is -0.366 e. The lowest BCUT2D eigenvalue weighted by molar-refractivity contribution is 0.100. The standard InChI is InChI=1S/C16H12N6OS2/c17-14(23)10-1-3-11(4-2-10)15-19-21-22(20-15)7-13-9-25-16(18-13)12-5-6-24-8-12/h1-6,8-9H,7H2,(H2,17,23). The molecule has 2 N–H and O–H groups in total. The fourth-order valence-corrected chi connectivity index (χ4v) is 3.78. The second kappa shape index (κ2) is 6.54. The summed E-state index contributed by atoms with van der Waals surface area (Å²) in [4.78, 5) is 17.2. The lowest BCUT2D eigenvalue weighted by atomic mass is 10.1. The molecule has 9 heteroatoms. The van der Waals surface area contributed by atoms with Gasteiger partial charge in [0.1, 0.15) is 11.6 Å². The fraction of sp³-hybridized carbons (Fsp3) is 0.0625. The molecule has 3 aromatic heterocycles. The molecule has 0 atom stereocenters. The van der Waals surface area contributed by atoms with Crippen LogP contribution in [0.1, 0.15) is 16.1 Å². The summed E-state index contributed by atoms with van der Waals surface area (Å²) in [6, 6.07) is 8.84. The zero-order valence-electron chi connectivity index (χ0n) is 12.9. The van der Waals surface area contributed by atoms with Gasteiger partial charge in [-0.2, -0.15) is 16.1 Å². The van der Waals surface area contributed by atoms with Crippen molar-refractivity contribution >= 4 is 28.6 Å². The maximum atomic E-state index is 11.1. The van der Waals surface area contributed by atoms with Crippen LogP contribution in [0.15, 0.2) is 46.5 Å². The smallest absolute Gasteiger partial charge is 0.248 e. The Morgan fingerprint density at radius 3 is 2.68 bits per heavy atom. The predicted octanol–water partition coefficient (Wildman–Crippen LogP) is 2.67. The number of nitrogens with zero attached hydrogens (tertiary/aromatic N) is 5. The molecule has 4 rings (SSSR count). The topological polar surface area (TPSA) is 99.6 Å². The molecule has 124 valence electrons. The summed E-state index contributed by atoms with van der Waals surface area (Å²) in [5.74, 6) is 0.0254. The first kappa shape index (κ1) is 15.6. The van der Waals surface area contributed by atoms with Crippen LogP contribution in [0.4, 0.5) is 0 Å². The van der Waals surface area contributed by atoms with Gasteiger partial charge in [-0.15, -0.1) is 21.5 Å². The molecular weight excluding hydrogens is 356 g/mol. The third kappa shape index (κ3) is 3.32. The van der Waals surface area contributed by atoms with Gasteiger partial charge in [0.2, 0.25) is 11.7 Å². The molecule has 1 amide bonds. The van der Waals surface area contributed by atoms with Gasteiger partial charge in [0.15, 0.2) is 0 Å². The third-order valence-electron chi connectivity index (χ3n) is 3.50. The number of thiophene rings is 1. The number of tetrazole rings is 1. The van der Waals surface area contributed by atoms with E-state index in [4.69, 9.17) is 5.73 Å². The number of nitrogens with two attached hydrogens (primary N) is 1. The molecule has 3 heterocycles. The number of benzene rings is 1. The van der Waals surface area contributed by atoms with Crippen LogP contribution in [0.25, 0.3) is 22.0 Å². The van der Waals surface area contributed by atoms with Crippen LogP contribution in [0, 0.1) is 0 Å². The highest BCUT2D eigenvalue weighted by atomic mass is 32.1. The van der Waals surface area contributed by atoms with Crippen molar-refractivity contribution in [3.63, 3.8) is 0 Å². The van der Waals surface area contributed by atoms with Crippen molar-refractivity contribution in [3.8, 4) is 22.0 Å². The van der Waals surface area contributed by atoms with E-state index in [2.05, 4.69) is 31.8 Å². The SMILES string of the molecule is NC(=O)c1ccc(-c2nnn(Cc3csc(-c4ccsc4)n3)n2)cc1. The first-order valence-electron chi connectivity index (χ1n) is 7.34. The lowest BCUT2D eigenvalue weighted by Crippen LogP contribution is -2.10. The summed E-state index contributed by atoms with van der Waals surface area (Å²) in [5, 5.41) is 19.6. The molecule has 0 aliphatic heterocycles. The Hall–Kier alpha value is -2.91. The van der Waals surface area contributed by atoms with E-state index in [1.165, 1.54) is 4.80 Å². The largest absolute Gasteiger partial charge is 0.366 e. The molecule has 0 fully saturated rings.